The minimum Gasteiger partial charge on any atom is -0.497 e. The number of halogens is 1. The Morgan fingerprint density at radius 1 is 1.10 bits per heavy atom. The second-order valence-electron chi connectivity index (χ2n) is 6.71. The second-order valence-corrected chi connectivity index (χ2v) is 8.70. The van der Waals surface area contributed by atoms with Crippen LogP contribution in [0.5, 0.6) is 5.75 Å². The molecule has 0 spiro atoms. The first kappa shape index (κ1) is 20.5. The van der Waals surface area contributed by atoms with Gasteiger partial charge in [0.2, 0.25) is 5.91 Å². The predicted molar refractivity (Wildman–Crippen MR) is 124 cm³/mol. The predicted octanol–water partition coefficient (Wildman–Crippen LogP) is 5.49. The number of methoxy groups -OCH3 is 1. The number of ether oxygens (including phenoxy) is 1. The standard InChI is InChI=1S/C23H19BrN2O3S/c1-29-20-4-2-3-19(13-20)26-21(27)14-30-23(26)16-7-11-18(12-8-16)25-22(28)15-5-9-17(24)10-6-15/h2-13,23H,14H2,1H3,(H,25,28). The van der Waals surface area contributed by atoms with Gasteiger partial charge >= 0.3 is 0 Å². The molecule has 1 atom stereocenters. The third-order valence-corrected chi connectivity index (χ3v) is 6.50. The van der Waals surface area contributed by atoms with Gasteiger partial charge in [-0.25, -0.2) is 0 Å². The Kier molecular flexibility index (Phi) is 6.11. The topological polar surface area (TPSA) is 58.6 Å². The highest BCUT2D eigenvalue weighted by Crippen LogP contribution is 2.42. The zero-order chi connectivity index (χ0) is 21.1. The molecule has 2 amide bonds. The summed E-state index contributed by atoms with van der Waals surface area (Å²) in [7, 11) is 1.61. The van der Waals surface area contributed by atoms with Crippen LogP contribution in [0.2, 0.25) is 0 Å². The number of amides is 2. The molecule has 0 bridgehead atoms. The van der Waals surface area contributed by atoms with E-state index in [1.807, 2.05) is 60.7 Å². The molecule has 1 aliphatic rings. The van der Waals surface area contributed by atoms with Crippen LogP contribution in [0, 0.1) is 0 Å². The van der Waals surface area contributed by atoms with Crippen molar-refractivity contribution in [2.75, 3.05) is 23.1 Å². The van der Waals surface area contributed by atoms with E-state index in [-0.39, 0.29) is 17.2 Å². The summed E-state index contributed by atoms with van der Waals surface area (Å²) >= 11 is 4.95. The van der Waals surface area contributed by atoms with Crippen molar-refractivity contribution in [3.05, 3.63) is 88.4 Å². The van der Waals surface area contributed by atoms with Crippen molar-refractivity contribution in [1.82, 2.24) is 0 Å². The third-order valence-electron chi connectivity index (χ3n) is 4.76. The molecule has 30 heavy (non-hydrogen) atoms. The Morgan fingerprint density at radius 2 is 1.83 bits per heavy atom. The fourth-order valence-electron chi connectivity index (χ4n) is 3.25. The molecule has 4 rings (SSSR count). The zero-order valence-electron chi connectivity index (χ0n) is 16.2. The first-order chi connectivity index (χ1) is 14.5. The molecule has 1 unspecified atom stereocenters. The summed E-state index contributed by atoms with van der Waals surface area (Å²) in [5, 5.41) is 2.78. The maximum Gasteiger partial charge on any atom is 0.255 e. The summed E-state index contributed by atoms with van der Waals surface area (Å²) in [4.78, 5) is 26.8. The summed E-state index contributed by atoms with van der Waals surface area (Å²) in [6, 6.07) is 22.3. The minimum atomic E-state index is -0.168. The number of anilines is 2. The Labute approximate surface area is 187 Å². The van der Waals surface area contributed by atoms with Crippen LogP contribution in [0.15, 0.2) is 77.3 Å². The Bertz CT molecular complexity index is 1070. The van der Waals surface area contributed by atoms with Gasteiger partial charge in [-0.3, -0.25) is 14.5 Å². The van der Waals surface area contributed by atoms with E-state index in [0.717, 1.165) is 15.7 Å². The van der Waals surface area contributed by atoms with Gasteiger partial charge in [0.1, 0.15) is 11.1 Å². The normalized spacial score (nSPS) is 15.9. The third kappa shape index (κ3) is 4.37. The average molecular weight is 483 g/mol. The molecule has 0 radical (unpaired) electrons. The minimum absolute atomic E-state index is 0.0610. The smallest absolute Gasteiger partial charge is 0.255 e. The van der Waals surface area contributed by atoms with E-state index in [0.29, 0.717) is 22.8 Å². The van der Waals surface area contributed by atoms with Crippen molar-refractivity contribution in [1.29, 1.82) is 0 Å². The van der Waals surface area contributed by atoms with Crippen LogP contribution in [-0.4, -0.2) is 24.7 Å². The first-order valence-electron chi connectivity index (χ1n) is 9.30. The van der Waals surface area contributed by atoms with E-state index in [4.69, 9.17) is 4.74 Å². The van der Waals surface area contributed by atoms with Crippen LogP contribution in [0.4, 0.5) is 11.4 Å². The van der Waals surface area contributed by atoms with E-state index in [1.54, 1.807) is 35.9 Å². The summed E-state index contributed by atoms with van der Waals surface area (Å²) in [6.07, 6.45) is 0. The maximum atomic E-state index is 12.6. The molecule has 152 valence electrons. The van der Waals surface area contributed by atoms with Crippen LogP contribution in [0.25, 0.3) is 0 Å². The van der Waals surface area contributed by atoms with Gasteiger partial charge in [-0.1, -0.05) is 34.1 Å². The molecular weight excluding hydrogens is 464 g/mol. The summed E-state index contributed by atoms with van der Waals surface area (Å²) in [6.45, 7) is 0. The molecular formula is C23H19BrN2O3S. The highest BCUT2D eigenvalue weighted by Gasteiger charge is 2.34. The van der Waals surface area contributed by atoms with E-state index >= 15 is 0 Å². The Hall–Kier alpha value is -2.77. The fraction of sp³-hybridized carbons (Fsp3) is 0.130. The number of carbonyl (C=O) groups excluding carboxylic acids is 2. The van der Waals surface area contributed by atoms with Crippen LogP contribution >= 0.6 is 27.7 Å². The molecule has 1 saturated heterocycles. The van der Waals surface area contributed by atoms with Gasteiger partial charge in [0, 0.05) is 27.5 Å². The SMILES string of the molecule is COc1cccc(N2C(=O)CSC2c2ccc(NC(=O)c3ccc(Br)cc3)cc2)c1. The van der Waals surface area contributed by atoms with Gasteiger partial charge in [0.05, 0.1) is 12.9 Å². The molecule has 1 heterocycles. The van der Waals surface area contributed by atoms with Crippen molar-refractivity contribution in [2.45, 2.75) is 5.37 Å². The highest BCUT2D eigenvalue weighted by molar-refractivity contribution is 9.10. The van der Waals surface area contributed by atoms with Gasteiger partial charge in [-0.15, -0.1) is 11.8 Å². The number of hydrogen-bond donors (Lipinski definition) is 1. The maximum absolute atomic E-state index is 12.6. The number of carbonyl (C=O) groups is 2. The number of hydrogen-bond acceptors (Lipinski definition) is 4. The van der Waals surface area contributed by atoms with Gasteiger partial charge in [-0.2, -0.15) is 0 Å². The first-order valence-corrected chi connectivity index (χ1v) is 11.1. The van der Waals surface area contributed by atoms with E-state index in [1.165, 1.54) is 0 Å². The Morgan fingerprint density at radius 3 is 2.53 bits per heavy atom. The molecule has 3 aromatic rings. The lowest BCUT2D eigenvalue weighted by molar-refractivity contribution is -0.115. The molecule has 5 nitrogen and oxygen atoms in total. The zero-order valence-corrected chi connectivity index (χ0v) is 18.6. The number of nitrogens with zero attached hydrogens (tertiary/aromatic N) is 1. The lowest BCUT2D eigenvalue weighted by atomic mass is 10.1. The van der Waals surface area contributed by atoms with Crippen molar-refractivity contribution in [2.24, 2.45) is 0 Å². The van der Waals surface area contributed by atoms with Crippen molar-refractivity contribution in [3.63, 3.8) is 0 Å². The van der Waals surface area contributed by atoms with Crippen LogP contribution in [0.1, 0.15) is 21.3 Å². The largest absolute Gasteiger partial charge is 0.497 e. The summed E-state index contributed by atoms with van der Waals surface area (Å²) in [5.41, 5.74) is 3.09. The van der Waals surface area contributed by atoms with Gasteiger partial charge in [0.25, 0.3) is 5.91 Å². The van der Waals surface area contributed by atoms with Crippen molar-refractivity contribution >= 4 is 50.9 Å². The lowest BCUT2D eigenvalue weighted by Crippen LogP contribution is -2.27. The van der Waals surface area contributed by atoms with E-state index in [2.05, 4.69) is 21.2 Å². The van der Waals surface area contributed by atoms with E-state index in [9.17, 15) is 9.59 Å². The van der Waals surface area contributed by atoms with Crippen LogP contribution < -0.4 is 15.0 Å². The molecule has 1 aliphatic heterocycles. The lowest BCUT2D eigenvalue weighted by Gasteiger charge is -2.25. The van der Waals surface area contributed by atoms with Gasteiger partial charge < -0.3 is 10.1 Å². The number of rotatable bonds is 5. The quantitative estimate of drug-likeness (QED) is 0.522. The highest BCUT2D eigenvalue weighted by atomic mass is 79.9. The van der Waals surface area contributed by atoms with Crippen LogP contribution in [0.3, 0.4) is 0 Å². The number of nitrogens with one attached hydrogen (secondary N) is 1. The van der Waals surface area contributed by atoms with Crippen molar-refractivity contribution < 1.29 is 14.3 Å². The number of thioether (sulfide) groups is 1. The Balaban J connectivity index is 1.51. The van der Waals surface area contributed by atoms with E-state index < -0.39 is 0 Å². The average Bonchev–Trinajstić information content (AvgIpc) is 3.16. The molecule has 0 saturated carbocycles. The molecule has 3 aromatic carbocycles. The second kappa shape index (κ2) is 8.93. The summed E-state index contributed by atoms with van der Waals surface area (Å²) in [5.74, 6) is 1.02. The monoisotopic (exact) mass is 482 g/mol. The summed E-state index contributed by atoms with van der Waals surface area (Å²) < 4.78 is 6.22. The van der Waals surface area contributed by atoms with Crippen molar-refractivity contribution in [3.8, 4) is 5.75 Å². The molecule has 0 aliphatic carbocycles. The van der Waals surface area contributed by atoms with Crippen LogP contribution in [-0.2, 0) is 4.79 Å². The molecule has 1 fully saturated rings. The number of benzene rings is 3. The molecule has 0 aromatic heterocycles. The fourth-order valence-corrected chi connectivity index (χ4v) is 4.69. The van der Waals surface area contributed by atoms with Gasteiger partial charge in [-0.05, 0) is 54.1 Å². The molecule has 1 N–H and O–H groups in total. The molecule has 7 heteroatoms. The van der Waals surface area contributed by atoms with Gasteiger partial charge in [0.15, 0.2) is 0 Å².